The van der Waals surface area contributed by atoms with Crippen molar-refractivity contribution in [2.75, 3.05) is 25.4 Å². The fourth-order valence-electron chi connectivity index (χ4n) is 3.53. The monoisotopic (exact) mass is 476 g/mol. The average molecular weight is 477 g/mol. The summed E-state index contributed by atoms with van der Waals surface area (Å²) in [4.78, 5) is 20.2. The van der Waals surface area contributed by atoms with Crippen LogP contribution >= 0.6 is 34.7 Å². The number of aromatic nitrogens is 2. The fourth-order valence-corrected chi connectivity index (χ4v) is 5.12. The third kappa shape index (κ3) is 6.55. The maximum absolute atomic E-state index is 12.5. The van der Waals surface area contributed by atoms with E-state index in [0.29, 0.717) is 24.8 Å². The molecule has 1 fully saturated rings. The van der Waals surface area contributed by atoms with Gasteiger partial charge in [0.05, 0.1) is 11.4 Å². The van der Waals surface area contributed by atoms with Crippen LogP contribution in [-0.2, 0) is 17.1 Å². The van der Waals surface area contributed by atoms with Gasteiger partial charge in [0.15, 0.2) is 0 Å². The van der Waals surface area contributed by atoms with Gasteiger partial charge >= 0.3 is 0 Å². The van der Waals surface area contributed by atoms with Crippen LogP contribution in [0.4, 0.5) is 0 Å². The number of benzene rings is 1. The molecule has 1 aliphatic heterocycles. The molecule has 1 N–H and O–H groups in total. The number of thioether (sulfide) groups is 1. The average Bonchev–Trinajstić information content (AvgIpc) is 3.47. The summed E-state index contributed by atoms with van der Waals surface area (Å²) >= 11 is 9.32. The van der Waals surface area contributed by atoms with Gasteiger partial charge in [-0.3, -0.25) is 9.69 Å². The van der Waals surface area contributed by atoms with E-state index in [4.69, 9.17) is 16.1 Å². The van der Waals surface area contributed by atoms with Gasteiger partial charge in [-0.25, -0.2) is 0 Å². The highest BCUT2D eigenvalue weighted by Gasteiger charge is 2.25. The van der Waals surface area contributed by atoms with Crippen molar-refractivity contribution in [1.29, 1.82) is 0 Å². The Bertz CT molecular complexity index is 954. The lowest BCUT2D eigenvalue weighted by atomic mass is 9.96. The maximum atomic E-state index is 12.5. The second-order valence-corrected chi connectivity index (χ2v) is 10.00. The Balaban J connectivity index is 1.12. The van der Waals surface area contributed by atoms with E-state index in [-0.39, 0.29) is 11.8 Å². The van der Waals surface area contributed by atoms with Crippen LogP contribution < -0.4 is 5.32 Å². The maximum Gasteiger partial charge on any atom is 0.241 e. The molecule has 31 heavy (non-hydrogen) atoms. The summed E-state index contributed by atoms with van der Waals surface area (Å²) in [5, 5.41) is 9.91. The molecule has 1 aromatic carbocycles. The van der Waals surface area contributed by atoms with E-state index in [2.05, 4.69) is 20.4 Å². The number of carbonyl (C=O) groups is 1. The van der Waals surface area contributed by atoms with Crippen molar-refractivity contribution in [3.63, 3.8) is 0 Å². The van der Waals surface area contributed by atoms with Crippen LogP contribution in [0.3, 0.4) is 0 Å². The van der Waals surface area contributed by atoms with Crippen LogP contribution in [0.25, 0.3) is 10.7 Å². The number of likely N-dealkylation sites (tertiary alicyclic amines) is 1. The highest BCUT2D eigenvalue weighted by atomic mass is 35.5. The molecule has 4 rings (SSSR count). The van der Waals surface area contributed by atoms with Crippen molar-refractivity contribution in [3.8, 4) is 10.7 Å². The van der Waals surface area contributed by atoms with Gasteiger partial charge in [-0.2, -0.15) is 16.7 Å². The molecule has 3 heterocycles. The van der Waals surface area contributed by atoms with E-state index in [1.807, 2.05) is 53.5 Å². The second kappa shape index (κ2) is 11.1. The number of carbonyl (C=O) groups excluding carboxylic acids is 1. The summed E-state index contributed by atoms with van der Waals surface area (Å²) in [6.45, 7) is 3.05. The number of hydrogen-bond donors (Lipinski definition) is 1. The molecule has 0 spiro atoms. The summed E-state index contributed by atoms with van der Waals surface area (Å²) in [5.74, 6) is 3.36. The lowest BCUT2D eigenvalue weighted by molar-refractivity contribution is -0.126. The molecule has 164 valence electrons. The minimum atomic E-state index is 0.0851. The highest BCUT2D eigenvalue weighted by Crippen LogP contribution is 2.23. The number of nitrogens with one attached hydrogen (secondary N) is 1. The summed E-state index contributed by atoms with van der Waals surface area (Å²) < 4.78 is 5.40. The van der Waals surface area contributed by atoms with Crippen LogP contribution in [0.15, 0.2) is 46.3 Å². The van der Waals surface area contributed by atoms with Crippen molar-refractivity contribution < 1.29 is 9.32 Å². The van der Waals surface area contributed by atoms with E-state index in [9.17, 15) is 4.79 Å². The van der Waals surface area contributed by atoms with Gasteiger partial charge in [0, 0.05) is 29.0 Å². The van der Waals surface area contributed by atoms with E-state index >= 15 is 0 Å². The van der Waals surface area contributed by atoms with Crippen molar-refractivity contribution >= 4 is 40.6 Å². The molecule has 1 aliphatic rings. The first kappa shape index (κ1) is 22.3. The van der Waals surface area contributed by atoms with Gasteiger partial charge in [-0.15, -0.1) is 11.3 Å². The molecule has 2 aromatic heterocycles. The Kier molecular flexibility index (Phi) is 8.02. The van der Waals surface area contributed by atoms with Crippen LogP contribution in [-0.4, -0.2) is 46.3 Å². The number of amides is 1. The first-order valence-corrected chi connectivity index (χ1v) is 12.8. The molecule has 3 aromatic rings. The van der Waals surface area contributed by atoms with E-state index in [1.54, 1.807) is 11.3 Å². The van der Waals surface area contributed by atoms with Crippen LogP contribution in [0.1, 0.15) is 24.3 Å². The summed E-state index contributed by atoms with van der Waals surface area (Å²) in [6.07, 6.45) is 1.71. The fraction of sp³-hybridized carbons (Fsp3) is 0.409. The summed E-state index contributed by atoms with van der Waals surface area (Å²) in [7, 11) is 0. The summed E-state index contributed by atoms with van der Waals surface area (Å²) in [6, 6.07) is 11.9. The third-order valence-corrected chi connectivity index (χ3v) is 7.40. The van der Waals surface area contributed by atoms with Crippen LogP contribution in [0.5, 0.6) is 0 Å². The number of nitrogens with zero attached hydrogens (tertiary/aromatic N) is 3. The molecule has 0 unspecified atom stereocenters. The quantitative estimate of drug-likeness (QED) is 0.451. The zero-order chi connectivity index (χ0) is 21.5. The van der Waals surface area contributed by atoms with Crippen molar-refractivity contribution in [3.05, 3.63) is 58.3 Å². The molecule has 0 bridgehead atoms. The first-order chi connectivity index (χ1) is 15.2. The van der Waals surface area contributed by atoms with E-state index < -0.39 is 0 Å². The van der Waals surface area contributed by atoms with Gasteiger partial charge in [-0.1, -0.05) is 35.0 Å². The first-order valence-electron chi connectivity index (χ1n) is 10.4. The Labute approximate surface area is 195 Å². The highest BCUT2D eigenvalue weighted by molar-refractivity contribution is 7.98. The minimum absolute atomic E-state index is 0.0851. The molecular weight excluding hydrogens is 452 g/mol. The van der Waals surface area contributed by atoms with Crippen molar-refractivity contribution in [2.45, 2.75) is 25.1 Å². The zero-order valence-electron chi connectivity index (χ0n) is 17.1. The van der Waals surface area contributed by atoms with Gasteiger partial charge in [0.2, 0.25) is 17.6 Å². The van der Waals surface area contributed by atoms with Crippen LogP contribution in [0.2, 0.25) is 5.02 Å². The second-order valence-electron chi connectivity index (χ2n) is 7.51. The Morgan fingerprint density at radius 1 is 1.26 bits per heavy atom. The molecule has 0 radical (unpaired) electrons. The molecule has 1 saturated heterocycles. The number of halogens is 1. The van der Waals surface area contributed by atoms with Gasteiger partial charge in [0.1, 0.15) is 0 Å². The number of hydrogen-bond acceptors (Lipinski definition) is 7. The Morgan fingerprint density at radius 3 is 2.81 bits per heavy atom. The largest absolute Gasteiger partial charge is 0.355 e. The number of thiophene rings is 1. The SMILES string of the molecule is O=C(NCCSCc1ccc(Cl)cc1)C1CCN(Cc2nc(-c3cccs3)no2)CC1. The van der Waals surface area contributed by atoms with Gasteiger partial charge in [0.25, 0.3) is 0 Å². The topological polar surface area (TPSA) is 71.3 Å². The van der Waals surface area contributed by atoms with E-state index in [0.717, 1.165) is 47.3 Å². The summed E-state index contributed by atoms with van der Waals surface area (Å²) in [5.41, 5.74) is 1.25. The number of rotatable bonds is 9. The van der Waals surface area contributed by atoms with E-state index in [1.165, 1.54) is 5.56 Å². The smallest absolute Gasteiger partial charge is 0.241 e. The Morgan fingerprint density at radius 2 is 2.06 bits per heavy atom. The lowest BCUT2D eigenvalue weighted by Gasteiger charge is -2.30. The third-order valence-electron chi connectivity index (χ3n) is 5.25. The molecule has 1 amide bonds. The normalized spacial score (nSPS) is 15.3. The van der Waals surface area contributed by atoms with Crippen molar-refractivity contribution in [2.24, 2.45) is 5.92 Å². The standard InChI is InChI=1S/C22H25ClN4O2S2/c23-18-5-3-16(4-6-18)15-30-13-9-24-22(28)17-7-10-27(11-8-17)14-20-25-21(26-29-20)19-2-1-12-31-19/h1-6,12,17H,7-11,13-15H2,(H,24,28). The van der Waals surface area contributed by atoms with Crippen LogP contribution in [0, 0.1) is 5.92 Å². The predicted octanol–water partition coefficient (Wildman–Crippen LogP) is 4.71. The molecule has 0 atom stereocenters. The number of piperidine rings is 1. The minimum Gasteiger partial charge on any atom is -0.355 e. The predicted molar refractivity (Wildman–Crippen MR) is 126 cm³/mol. The van der Waals surface area contributed by atoms with Gasteiger partial charge in [-0.05, 0) is 55.1 Å². The zero-order valence-corrected chi connectivity index (χ0v) is 19.5. The Hall–Kier alpha value is -1.87. The molecular formula is C22H25ClN4O2S2. The lowest BCUT2D eigenvalue weighted by Crippen LogP contribution is -2.40. The molecule has 6 nitrogen and oxygen atoms in total. The van der Waals surface area contributed by atoms with Crippen molar-refractivity contribution in [1.82, 2.24) is 20.4 Å². The van der Waals surface area contributed by atoms with Gasteiger partial charge < -0.3 is 9.84 Å². The molecule has 9 heteroatoms. The molecule has 0 aliphatic carbocycles. The molecule has 0 saturated carbocycles.